The fourth-order valence-corrected chi connectivity index (χ4v) is 2.35. The van der Waals surface area contributed by atoms with Crippen molar-refractivity contribution < 1.29 is 4.74 Å². The molecular weight excluding hydrogens is 340 g/mol. The van der Waals surface area contributed by atoms with Crippen LogP contribution in [0, 0.1) is 11.3 Å². The van der Waals surface area contributed by atoms with Crippen LogP contribution in [0.5, 0.6) is 5.75 Å². The summed E-state index contributed by atoms with van der Waals surface area (Å²) in [5, 5.41) is 12.7. The summed E-state index contributed by atoms with van der Waals surface area (Å²) in [6, 6.07) is 13.0. The molecule has 0 aromatic heterocycles. The van der Waals surface area contributed by atoms with E-state index < -0.39 is 0 Å². The molecule has 2 rings (SSSR count). The van der Waals surface area contributed by atoms with Crippen LogP contribution < -0.4 is 10.1 Å². The van der Waals surface area contributed by atoms with Gasteiger partial charge in [0.1, 0.15) is 5.75 Å². The normalized spacial score (nSPS) is 9.90. The predicted molar refractivity (Wildman–Crippen MR) is 84.2 cm³/mol. The molecule has 0 aliphatic carbocycles. The van der Waals surface area contributed by atoms with E-state index in [1.807, 2.05) is 24.3 Å². The highest BCUT2D eigenvalue weighted by molar-refractivity contribution is 9.10. The quantitative estimate of drug-likeness (QED) is 0.876. The Hall–Kier alpha value is -1.70. The molecule has 3 nitrogen and oxygen atoms in total. The molecule has 0 radical (unpaired) electrons. The SMILES string of the molecule is COc1ccc(Br)c(NCc2ccc(C#N)cc2Cl)c1. The van der Waals surface area contributed by atoms with E-state index in [9.17, 15) is 0 Å². The van der Waals surface area contributed by atoms with Crippen molar-refractivity contribution in [2.45, 2.75) is 6.54 Å². The zero-order chi connectivity index (χ0) is 14.5. The number of nitriles is 1. The molecular formula is C15H12BrClN2O. The van der Waals surface area contributed by atoms with Gasteiger partial charge in [0.05, 0.1) is 24.4 Å². The maximum atomic E-state index is 8.81. The zero-order valence-electron chi connectivity index (χ0n) is 10.8. The van der Waals surface area contributed by atoms with E-state index in [1.54, 1.807) is 19.2 Å². The van der Waals surface area contributed by atoms with Gasteiger partial charge in [0.2, 0.25) is 0 Å². The minimum Gasteiger partial charge on any atom is -0.497 e. The first-order valence-corrected chi connectivity index (χ1v) is 7.07. The number of hydrogen-bond acceptors (Lipinski definition) is 3. The number of anilines is 1. The number of rotatable bonds is 4. The Bertz CT molecular complexity index is 667. The van der Waals surface area contributed by atoms with Crippen LogP contribution in [0.4, 0.5) is 5.69 Å². The molecule has 0 aliphatic heterocycles. The van der Waals surface area contributed by atoms with Crippen molar-refractivity contribution in [3.05, 3.63) is 57.0 Å². The van der Waals surface area contributed by atoms with Gasteiger partial charge >= 0.3 is 0 Å². The Morgan fingerprint density at radius 2 is 2.10 bits per heavy atom. The fourth-order valence-electron chi connectivity index (χ4n) is 1.72. The van der Waals surface area contributed by atoms with E-state index in [-0.39, 0.29) is 0 Å². The first-order chi connectivity index (χ1) is 9.63. The molecule has 0 fully saturated rings. The van der Waals surface area contributed by atoms with Crippen molar-refractivity contribution in [1.82, 2.24) is 0 Å². The fraction of sp³-hybridized carbons (Fsp3) is 0.133. The van der Waals surface area contributed by atoms with Gasteiger partial charge in [-0.05, 0) is 45.8 Å². The van der Waals surface area contributed by atoms with Gasteiger partial charge in [-0.25, -0.2) is 0 Å². The molecule has 20 heavy (non-hydrogen) atoms. The van der Waals surface area contributed by atoms with Gasteiger partial charge in [-0.1, -0.05) is 17.7 Å². The summed E-state index contributed by atoms with van der Waals surface area (Å²) >= 11 is 9.63. The van der Waals surface area contributed by atoms with Crippen molar-refractivity contribution in [2.75, 3.05) is 12.4 Å². The second-order valence-corrected chi connectivity index (χ2v) is 5.38. The third kappa shape index (κ3) is 3.44. The van der Waals surface area contributed by atoms with Crippen molar-refractivity contribution in [3.8, 4) is 11.8 Å². The molecule has 0 bridgehead atoms. The van der Waals surface area contributed by atoms with Crippen molar-refractivity contribution in [2.24, 2.45) is 0 Å². The monoisotopic (exact) mass is 350 g/mol. The number of ether oxygens (including phenoxy) is 1. The van der Waals surface area contributed by atoms with Gasteiger partial charge in [-0.2, -0.15) is 5.26 Å². The van der Waals surface area contributed by atoms with E-state index in [4.69, 9.17) is 21.6 Å². The number of nitrogens with one attached hydrogen (secondary N) is 1. The van der Waals surface area contributed by atoms with Crippen LogP contribution in [0.2, 0.25) is 5.02 Å². The van der Waals surface area contributed by atoms with Crippen LogP contribution in [0.25, 0.3) is 0 Å². The van der Waals surface area contributed by atoms with Crippen LogP contribution in [0.15, 0.2) is 40.9 Å². The highest BCUT2D eigenvalue weighted by Gasteiger charge is 2.05. The average Bonchev–Trinajstić information content (AvgIpc) is 2.47. The Kier molecular flexibility index (Phi) is 4.89. The van der Waals surface area contributed by atoms with Gasteiger partial charge in [0.15, 0.2) is 0 Å². The average molecular weight is 352 g/mol. The number of hydrogen-bond donors (Lipinski definition) is 1. The van der Waals surface area contributed by atoms with Crippen LogP contribution in [-0.4, -0.2) is 7.11 Å². The molecule has 0 aliphatic rings. The summed E-state index contributed by atoms with van der Waals surface area (Å²) in [5.74, 6) is 0.779. The summed E-state index contributed by atoms with van der Waals surface area (Å²) in [6.07, 6.45) is 0. The Labute approximate surface area is 131 Å². The summed E-state index contributed by atoms with van der Waals surface area (Å²) in [4.78, 5) is 0. The van der Waals surface area contributed by atoms with Gasteiger partial charge in [0, 0.05) is 22.1 Å². The van der Waals surface area contributed by atoms with Gasteiger partial charge in [-0.3, -0.25) is 0 Å². The minimum atomic E-state index is 0.557. The van der Waals surface area contributed by atoms with Crippen molar-refractivity contribution in [3.63, 3.8) is 0 Å². The van der Waals surface area contributed by atoms with Crippen LogP contribution in [0.1, 0.15) is 11.1 Å². The molecule has 0 amide bonds. The number of methoxy groups -OCH3 is 1. The van der Waals surface area contributed by atoms with Crippen LogP contribution >= 0.6 is 27.5 Å². The Morgan fingerprint density at radius 3 is 2.75 bits per heavy atom. The number of halogens is 2. The molecule has 0 atom stereocenters. The van der Waals surface area contributed by atoms with E-state index in [1.165, 1.54) is 0 Å². The maximum absolute atomic E-state index is 8.81. The van der Waals surface area contributed by atoms with Crippen molar-refractivity contribution in [1.29, 1.82) is 5.26 Å². The lowest BCUT2D eigenvalue weighted by Crippen LogP contribution is -2.01. The van der Waals surface area contributed by atoms with E-state index in [0.717, 1.165) is 21.5 Å². The Balaban J connectivity index is 2.15. The lowest BCUT2D eigenvalue weighted by Gasteiger charge is -2.11. The molecule has 2 aromatic rings. The highest BCUT2D eigenvalue weighted by Crippen LogP contribution is 2.28. The minimum absolute atomic E-state index is 0.557. The smallest absolute Gasteiger partial charge is 0.121 e. The lowest BCUT2D eigenvalue weighted by molar-refractivity contribution is 0.415. The van der Waals surface area contributed by atoms with E-state index >= 15 is 0 Å². The molecule has 0 heterocycles. The van der Waals surface area contributed by atoms with Gasteiger partial charge in [-0.15, -0.1) is 0 Å². The molecule has 0 saturated heterocycles. The standard InChI is InChI=1S/C15H12BrClN2O/c1-20-12-4-5-13(16)15(7-12)19-9-11-3-2-10(8-18)6-14(11)17/h2-7,19H,9H2,1H3. The maximum Gasteiger partial charge on any atom is 0.121 e. The third-order valence-corrected chi connectivity index (χ3v) is 3.87. The highest BCUT2D eigenvalue weighted by atomic mass is 79.9. The molecule has 102 valence electrons. The van der Waals surface area contributed by atoms with Gasteiger partial charge < -0.3 is 10.1 Å². The lowest BCUT2D eigenvalue weighted by atomic mass is 10.1. The van der Waals surface area contributed by atoms with Crippen LogP contribution in [-0.2, 0) is 6.54 Å². The molecule has 2 aromatic carbocycles. The topological polar surface area (TPSA) is 45.0 Å². The number of nitrogens with zero attached hydrogens (tertiary/aromatic N) is 1. The second kappa shape index (κ2) is 6.65. The molecule has 0 unspecified atom stereocenters. The largest absolute Gasteiger partial charge is 0.497 e. The first-order valence-electron chi connectivity index (χ1n) is 5.90. The van der Waals surface area contributed by atoms with Crippen LogP contribution in [0.3, 0.4) is 0 Å². The Morgan fingerprint density at radius 1 is 1.30 bits per heavy atom. The molecule has 0 saturated carbocycles. The summed E-state index contributed by atoms with van der Waals surface area (Å²) in [5.41, 5.74) is 2.41. The predicted octanol–water partition coefficient (Wildman–Crippen LogP) is 4.59. The molecule has 5 heteroatoms. The summed E-state index contributed by atoms with van der Waals surface area (Å²) < 4.78 is 6.14. The molecule has 0 spiro atoms. The van der Waals surface area contributed by atoms with E-state index in [2.05, 4.69) is 27.3 Å². The zero-order valence-corrected chi connectivity index (χ0v) is 13.1. The number of benzene rings is 2. The second-order valence-electron chi connectivity index (χ2n) is 4.12. The van der Waals surface area contributed by atoms with E-state index in [0.29, 0.717) is 17.1 Å². The first kappa shape index (κ1) is 14.7. The summed E-state index contributed by atoms with van der Waals surface area (Å²) in [6.45, 7) is 0.566. The molecule has 1 N–H and O–H groups in total. The van der Waals surface area contributed by atoms with Gasteiger partial charge in [0.25, 0.3) is 0 Å². The third-order valence-electron chi connectivity index (χ3n) is 2.82. The summed E-state index contributed by atoms with van der Waals surface area (Å²) in [7, 11) is 1.63. The van der Waals surface area contributed by atoms with Crippen molar-refractivity contribution >= 4 is 33.2 Å².